The van der Waals surface area contributed by atoms with Crippen LogP contribution in [0.2, 0.25) is 0 Å². The standard InChI is InChI=1S/C13H25NO4/c1-12(14-18-11-16-2)9-7-5-4-6-8-10-13(15)17-3/h4,6,12,14H,5,7-11H2,1-3H3/b6-4+/t12-/m0/s1. The summed E-state index contributed by atoms with van der Waals surface area (Å²) in [5, 5.41) is 0. The summed E-state index contributed by atoms with van der Waals surface area (Å²) in [5.74, 6) is -0.159. The predicted octanol–water partition coefficient (Wildman–Crippen LogP) is 2.18. The number of hydrogen-bond acceptors (Lipinski definition) is 5. The summed E-state index contributed by atoms with van der Waals surface area (Å²) in [6.45, 7) is 2.33. The van der Waals surface area contributed by atoms with E-state index in [0.717, 1.165) is 25.7 Å². The third kappa shape index (κ3) is 11.6. The Hall–Kier alpha value is -0.910. The molecule has 0 aliphatic heterocycles. The Morgan fingerprint density at radius 2 is 2.00 bits per heavy atom. The lowest BCUT2D eigenvalue weighted by atomic mass is 10.1. The zero-order valence-corrected chi connectivity index (χ0v) is 11.6. The number of ether oxygens (including phenoxy) is 2. The lowest BCUT2D eigenvalue weighted by Crippen LogP contribution is -2.26. The largest absolute Gasteiger partial charge is 0.469 e. The number of hydrogen-bond donors (Lipinski definition) is 1. The summed E-state index contributed by atoms with van der Waals surface area (Å²) < 4.78 is 9.31. The van der Waals surface area contributed by atoms with Gasteiger partial charge in [-0.2, -0.15) is 5.48 Å². The summed E-state index contributed by atoms with van der Waals surface area (Å²) in [7, 11) is 3.00. The number of rotatable bonds is 11. The van der Waals surface area contributed by atoms with E-state index in [1.807, 2.05) is 6.08 Å². The molecule has 106 valence electrons. The second-order valence-electron chi connectivity index (χ2n) is 4.09. The number of methoxy groups -OCH3 is 2. The van der Waals surface area contributed by atoms with Gasteiger partial charge in [-0.3, -0.25) is 9.63 Å². The number of carbonyl (C=O) groups excluding carboxylic acids is 1. The van der Waals surface area contributed by atoms with Crippen molar-refractivity contribution in [2.24, 2.45) is 0 Å². The first kappa shape index (κ1) is 17.1. The van der Waals surface area contributed by atoms with Gasteiger partial charge < -0.3 is 9.47 Å². The van der Waals surface area contributed by atoms with Crippen molar-refractivity contribution >= 4 is 5.97 Å². The van der Waals surface area contributed by atoms with Crippen LogP contribution in [0.25, 0.3) is 0 Å². The van der Waals surface area contributed by atoms with Crippen molar-refractivity contribution in [3.8, 4) is 0 Å². The Morgan fingerprint density at radius 3 is 2.67 bits per heavy atom. The van der Waals surface area contributed by atoms with Crippen LogP contribution in [0.1, 0.15) is 39.0 Å². The first-order valence-electron chi connectivity index (χ1n) is 6.28. The zero-order valence-electron chi connectivity index (χ0n) is 11.6. The SMILES string of the molecule is COCON[C@@H](C)CCC/C=C/CCC(=O)OC. The van der Waals surface area contributed by atoms with Crippen LogP contribution < -0.4 is 5.48 Å². The normalized spacial score (nSPS) is 12.8. The molecule has 0 aromatic heterocycles. The molecule has 0 aromatic rings. The van der Waals surface area contributed by atoms with Crippen LogP contribution in [0.5, 0.6) is 0 Å². The quantitative estimate of drug-likeness (QED) is 0.203. The Balaban J connectivity index is 3.32. The molecule has 0 unspecified atom stereocenters. The minimum atomic E-state index is -0.159. The van der Waals surface area contributed by atoms with Gasteiger partial charge in [0.25, 0.3) is 0 Å². The third-order valence-electron chi connectivity index (χ3n) is 2.38. The Morgan fingerprint density at radius 1 is 1.28 bits per heavy atom. The number of hydroxylamine groups is 1. The van der Waals surface area contributed by atoms with Crippen LogP contribution in [0, 0.1) is 0 Å². The summed E-state index contributed by atoms with van der Waals surface area (Å²) >= 11 is 0. The molecule has 0 radical (unpaired) electrons. The molecule has 5 heteroatoms. The van der Waals surface area contributed by atoms with E-state index in [-0.39, 0.29) is 12.8 Å². The summed E-state index contributed by atoms with van der Waals surface area (Å²) in [6.07, 6.45) is 8.46. The first-order chi connectivity index (χ1) is 8.70. The number of nitrogens with one attached hydrogen (secondary N) is 1. The maximum Gasteiger partial charge on any atom is 0.305 e. The molecule has 0 bridgehead atoms. The third-order valence-corrected chi connectivity index (χ3v) is 2.38. The van der Waals surface area contributed by atoms with E-state index in [2.05, 4.69) is 23.2 Å². The van der Waals surface area contributed by atoms with E-state index in [1.165, 1.54) is 7.11 Å². The second-order valence-corrected chi connectivity index (χ2v) is 4.09. The van der Waals surface area contributed by atoms with E-state index >= 15 is 0 Å². The Kier molecular flexibility index (Phi) is 11.9. The zero-order chi connectivity index (χ0) is 13.6. The maximum absolute atomic E-state index is 10.8. The number of esters is 1. The second kappa shape index (κ2) is 12.5. The summed E-state index contributed by atoms with van der Waals surface area (Å²) in [4.78, 5) is 15.9. The lowest BCUT2D eigenvalue weighted by Gasteiger charge is -2.12. The van der Waals surface area contributed by atoms with Gasteiger partial charge in [0, 0.05) is 19.6 Å². The van der Waals surface area contributed by atoms with Crippen molar-refractivity contribution in [2.45, 2.75) is 45.1 Å². The average Bonchev–Trinajstić information content (AvgIpc) is 2.37. The lowest BCUT2D eigenvalue weighted by molar-refractivity contribution is -0.140. The van der Waals surface area contributed by atoms with E-state index in [0.29, 0.717) is 12.5 Å². The molecular formula is C13H25NO4. The Bertz CT molecular complexity index is 231. The van der Waals surface area contributed by atoms with Gasteiger partial charge in [0.1, 0.15) is 0 Å². The molecule has 1 N–H and O–H groups in total. The van der Waals surface area contributed by atoms with Gasteiger partial charge in [0.15, 0.2) is 6.79 Å². The van der Waals surface area contributed by atoms with Crippen molar-refractivity contribution in [3.05, 3.63) is 12.2 Å². The van der Waals surface area contributed by atoms with Crippen LogP contribution in [0.4, 0.5) is 0 Å². The minimum Gasteiger partial charge on any atom is -0.469 e. The highest BCUT2D eigenvalue weighted by molar-refractivity contribution is 5.69. The highest BCUT2D eigenvalue weighted by atomic mass is 16.7. The fraction of sp³-hybridized carbons (Fsp3) is 0.769. The van der Waals surface area contributed by atoms with Crippen molar-refractivity contribution < 1.29 is 19.1 Å². The monoisotopic (exact) mass is 259 g/mol. The molecule has 5 nitrogen and oxygen atoms in total. The van der Waals surface area contributed by atoms with E-state index in [4.69, 9.17) is 9.57 Å². The molecule has 0 aliphatic carbocycles. The molecule has 0 fully saturated rings. The molecule has 0 heterocycles. The van der Waals surface area contributed by atoms with Crippen molar-refractivity contribution in [3.63, 3.8) is 0 Å². The van der Waals surface area contributed by atoms with Gasteiger partial charge in [-0.05, 0) is 32.6 Å². The maximum atomic E-state index is 10.8. The summed E-state index contributed by atoms with van der Waals surface area (Å²) in [5.41, 5.74) is 2.90. The predicted molar refractivity (Wildman–Crippen MR) is 69.8 cm³/mol. The van der Waals surface area contributed by atoms with Gasteiger partial charge in [-0.25, -0.2) is 0 Å². The first-order valence-corrected chi connectivity index (χ1v) is 6.28. The molecule has 0 aliphatic rings. The molecule has 0 saturated heterocycles. The van der Waals surface area contributed by atoms with Crippen molar-refractivity contribution in [1.29, 1.82) is 0 Å². The van der Waals surface area contributed by atoms with Crippen LogP contribution in [-0.2, 0) is 19.1 Å². The van der Waals surface area contributed by atoms with Crippen LogP contribution in [-0.4, -0.2) is 33.0 Å². The van der Waals surface area contributed by atoms with Gasteiger partial charge in [-0.15, -0.1) is 0 Å². The molecular weight excluding hydrogens is 234 g/mol. The topological polar surface area (TPSA) is 56.8 Å². The molecule has 0 rings (SSSR count). The molecule has 1 atom stereocenters. The molecule has 0 saturated carbocycles. The van der Waals surface area contributed by atoms with Gasteiger partial charge in [0.05, 0.1) is 7.11 Å². The Labute approximate surface area is 109 Å². The number of unbranched alkanes of at least 4 members (excludes halogenated alkanes) is 1. The molecule has 18 heavy (non-hydrogen) atoms. The highest BCUT2D eigenvalue weighted by Gasteiger charge is 2.00. The van der Waals surface area contributed by atoms with E-state index in [9.17, 15) is 4.79 Å². The van der Waals surface area contributed by atoms with Gasteiger partial charge >= 0.3 is 5.97 Å². The molecule has 0 amide bonds. The van der Waals surface area contributed by atoms with E-state index < -0.39 is 0 Å². The van der Waals surface area contributed by atoms with Crippen molar-refractivity contribution in [1.82, 2.24) is 5.48 Å². The van der Waals surface area contributed by atoms with E-state index in [1.54, 1.807) is 7.11 Å². The van der Waals surface area contributed by atoms with Gasteiger partial charge in [-0.1, -0.05) is 12.2 Å². The average molecular weight is 259 g/mol. The van der Waals surface area contributed by atoms with Crippen LogP contribution in [0.15, 0.2) is 12.2 Å². The smallest absolute Gasteiger partial charge is 0.305 e. The van der Waals surface area contributed by atoms with Gasteiger partial charge in [0.2, 0.25) is 0 Å². The number of allylic oxidation sites excluding steroid dienone is 2. The van der Waals surface area contributed by atoms with Crippen LogP contribution >= 0.6 is 0 Å². The molecule has 0 aromatic carbocycles. The van der Waals surface area contributed by atoms with Crippen molar-refractivity contribution in [2.75, 3.05) is 21.0 Å². The minimum absolute atomic E-state index is 0.159. The fourth-order valence-electron chi connectivity index (χ4n) is 1.37. The number of carbonyl (C=O) groups is 1. The summed E-state index contributed by atoms with van der Waals surface area (Å²) in [6, 6.07) is 0.309. The van der Waals surface area contributed by atoms with Crippen LogP contribution in [0.3, 0.4) is 0 Å². The highest BCUT2D eigenvalue weighted by Crippen LogP contribution is 2.03. The molecule has 0 spiro atoms. The fourth-order valence-corrected chi connectivity index (χ4v) is 1.37.